The summed E-state index contributed by atoms with van der Waals surface area (Å²) in [5.41, 5.74) is 2.07. The Balaban J connectivity index is 2.24. The van der Waals surface area contributed by atoms with E-state index in [0.717, 1.165) is 11.3 Å². The summed E-state index contributed by atoms with van der Waals surface area (Å²) in [5, 5.41) is 2.61. The number of hydrogen-bond acceptors (Lipinski definition) is 3. The van der Waals surface area contributed by atoms with E-state index in [1.165, 1.54) is 18.5 Å². The third-order valence-corrected chi connectivity index (χ3v) is 3.14. The van der Waals surface area contributed by atoms with Crippen LogP contribution >= 0.6 is 15.9 Å². The van der Waals surface area contributed by atoms with E-state index in [1.54, 1.807) is 19.9 Å². The highest BCUT2D eigenvalue weighted by molar-refractivity contribution is 9.10. The molecule has 0 fully saturated rings. The third-order valence-electron chi connectivity index (χ3n) is 2.53. The van der Waals surface area contributed by atoms with Crippen molar-refractivity contribution in [1.82, 2.24) is 9.97 Å². The molecule has 1 N–H and O–H groups in total. The average molecular weight is 324 g/mol. The predicted octanol–water partition coefficient (Wildman–Crippen LogP) is 3.25. The molecule has 0 saturated heterocycles. The number of amides is 1. The summed E-state index contributed by atoms with van der Waals surface area (Å²) in [7, 11) is 0. The number of nitrogens with one attached hydrogen (secondary N) is 1. The van der Waals surface area contributed by atoms with Gasteiger partial charge in [-0.3, -0.25) is 9.78 Å². The van der Waals surface area contributed by atoms with Crippen LogP contribution in [0.1, 0.15) is 21.7 Å². The molecule has 1 heterocycles. The van der Waals surface area contributed by atoms with Crippen molar-refractivity contribution < 1.29 is 9.18 Å². The lowest BCUT2D eigenvalue weighted by molar-refractivity contribution is 0.102. The normalized spacial score (nSPS) is 10.3. The van der Waals surface area contributed by atoms with Crippen LogP contribution in [0.4, 0.5) is 10.1 Å². The maximum absolute atomic E-state index is 13.4. The van der Waals surface area contributed by atoms with Gasteiger partial charge < -0.3 is 5.32 Å². The minimum Gasteiger partial charge on any atom is -0.320 e. The zero-order chi connectivity index (χ0) is 14.0. The van der Waals surface area contributed by atoms with Crippen LogP contribution in [-0.2, 0) is 0 Å². The molecule has 4 nitrogen and oxygen atoms in total. The molecule has 0 spiro atoms. The van der Waals surface area contributed by atoms with E-state index in [4.69, 9.17) is 0 Å². The molecule has 0 unspecified atom stereocenters. The summed E-state index contributed by atoms with van der Waals surface area (Å²) in [4.78, 5) is 19.9. The largest absolute Gasteiger partial charge is 0.320 e. The van der Waals surface area contributed by atoms with Crippen LogP contribution < -0.4 is 5.32 Å². The van der Waals surface area contributed by atoms with E-state index in [-0.39, 0.29) is 5.69 Å². The van der Waals surface area contributed by atoms with Crippen molar-refractivity contribution in [3.8, 4) is 0 Å². The third kappa shape index (κ3) is 3.14. The number of carbonyl (C=O) groups excluding carboxylic acids is 1. The standard InChI is InChI=1S/C13H11BrFN3O/c1-7-3-9(14)10(15)4-11(7)18-13(19)12-6-16-8(2)5-17-12/h3-6H,1-2H3,(H,18,19). The molecule has 2 aromatic rings. The van der Waals surface area contributed by atoms with Gasteiger partial charge in [-0.05, 0) is 47.5 Å². The van der Waals surface area contributed by atoms with E-state index in [0.29, 0.717) is 10.2 Å². The number of benzene rings is 1. The van der Waals surface area contributed by atoms with Crippen LogP contribution in [0.5, 0.6) is 0 Å². The Morgan fingerprint density at radius 2 is 2.00 bits per heavy atom. The SMILES string of the molecule is Cc1cnc(C(=O)Nc2cc(F)c(Br)cc2C)cn1. The fourth-order valence-electron chi connectivity index (χ4n) is 1.48. The highest BCUT2D eigenvalue weighted by Crippen LogP contribution is 2.24. The van der Waals surface area contributed by atoms with E-state index in [2.05, 4.69) is 31.2 Å². The predicted molar refractivity (Wildman–Crippen MR) is 73.6 cm³/mol. The smallest absolute Gasteiger partial charge is 0.275 e. The van der Waals surface area contributed by atoms with Crippen LogP contribution in [0.2, 0.25) is 0 Å². The van der Waals surface area contributed by atoms with Gasteiger partial charge in [-0.2, -0.15) is 0 Å². The van der Waals surface area contributed by atoms with Crippen LogP contribution in [0, 0.1) is 19.7 Å². The first-order chi connectivity index (χ1) is 8.97. The van der Waals surface area contributed by atoms with Gasteiger partial charge in [-0.25, -0.2) is 9.37 Å². The van der Waals surface area contributed by atoms with Gasteiger partial charge in [0.05, 0.1) is 16.4 Å². The number of halogens is 2. The zero-order valence-corrected chi connectivity index (χ0v) is 12.0. The number of rotatable bonds is 2. The van der Waals surface area contributed by atoms with Crippen molar-refractivity contribution >= 4 is 27.5 Å². The van der Waals surface area contributed by atoms with Gasteiger partial charge in [-0.1, -0.05) is 0 Å². The fraction of sp³-hybridized carbons (Fsp3) is 0.154. The molecule has 0 radical (unpaired) electrons. The highest BCUT2D eigenvalue weighted by Gasteiger charge is 2.11. The molecule has 1 aromatic carbocycles. The quantitative estimate of drug-likeness (QED) is 0.923. The van der Waals surface area contributed by atoms with Crippen molar-refractivity contribution in [3.05, 3.63) is 51.8 Å². The molecule has 1 amide bonds. The molecular formula is C13H11BrFN3O. The molecular weight excluding hydrogens is 313 g/mol. The van der Waals surface area contributed by atoms with Crippen LogP contribution in [0.3, 0.4) is 0 Å². The van der Waals surface area contributed by atoms with E-state index >= 15 is 0 Å². The molecule has 0 atom stereocenters. The van der Waals surface area contributed by atoms with Crippen molar-refractivity contribution in [2.45, 2.75) is 13.8 Å². The van der Waals surface area contributed by atoms with Crippen LogP contribution in [-0.4, -0.2) is 15.9 Å². The van der Waals surface area contributed by atoms with E-state index in [9.17, 15) is 9.18 Å². The lowest BCUT2D eigenvalue weighted by atomic mass is 10.2. The van der Waals surface area contributed by atoms with Gasteiger partial charge in [0, 0.05) is 11.9 Å². The summed E-state index contributed by atoms with van der Waals surface area (Å²) in [6.45, 7) is 3.56. The maximum atomic E-state index is 13.4. The average Bonchev–Trinajstić information content (AvgIpc) is 2.36. The molecule has 0 bridgehead atoms. The molecule has 0 aliphatic heterocycles. The first-order valence-electron chi connectivity index (χ1n) is 5.53. The van der Waals surface area contributed by atoms with Gasteiger partial charge in [0.15, 0.2) is 0 Å². The first-order valence-corrected chi connectivity index (χ1v) is 6.32. The number of hydrogen-bond donors (Lipinski definition) is 1. The van der Waals surface area contributed by atoms with Gasteiger partial charge in [0.1, 0.15) is 11.5 Å². The second kappa shape index (κ2) is 5.44. The van der Waals surface area contributed by atoms with Gasteiger partial charge >= 0.3 is 0 Å². The van der Waals surface area contributed by atoms with E-state index in [1.807, 2.05) is 0 Å². The number of carbonyl (C=O) groups is 1. The van der Waals surface area contributed by atoms with Gasteiger partial charge in [0.2, 0.25) is 0 Å². The summed E-state index contributed by atoms with van der Waals surface area (Å²) < 4.78 is 13.8. The number of nitrogens with zero attached hydrogens (tertiary/aromatic N) is 2. The Bertz CT molecular complexity index is 629. The minimum atomic E-state index is -0.434. The molecule has 0 aliphatic rings. The lowest BCUT2D eigenvalue weighted by Gasteiger charge is -2.09. The summed E-state index contributed by atoms with van der Waals surface area (Å²) >= 11 is 3.09. The Morgan fingerprint density at radius 3 is 2.63 bits per heavy atom. The van der Waals surface area contributed by atoms with Crippen molar-refractivity contribution in [1.29, 1.82) is 0 Å². The van der Waals surface area contributed by atoms with Crippen LogP contribution in [0.25, 0.3) is 0 Å². The molecule has 6 heteroatoms. The second-order valence-electron chi connectivity index (χ2n) is 4.08. The zero-order valence-electron chi connectivity index (χ0n) is 10.4. The Kier molecular flexibility index (Phi) is 3.90. The Labute approximate surface area is 118 Å². The Hall–Kier alpha value is -1.82. The topological polar surface area (TPSA) is 54.9 Å². The van der Waals surface area contributed by atoms with Crippen LogP contribution in [0.15, 0.2) is 29.0 Å². The molecule has 0 aliphatic carbocycles. The molecule has 1 aromatic heterocycles. The van der Waals surface area contributed by atoms with Gasteiger partial charge in [0.25, 0.3) is 5.91 Å². The van der Waals surface area contributed by atoms with E-state index < -0.39 is 11.7 Å². The number of aromatic nitrogens is 2. The van der Waals surface area contributed by atoms with Crippen molar-refractivity contribution in [3.63, 3.8) is 0 Å². The Morgan fingerprint density at radius 1 is 1.26 bits per heavy atom. The molecule has 2 rings (SSSR count). The first kappa shape index (κ1) is 13.6. The molecule has 0 saturated carbocycles. The maximum Gasteiger partial charge on any atom is 0.275 e. The molecule has 98 valence electrons. The summed E-state index contributed by atoms with van der Waals surface area (Å²) in [5.74, 6) is -0.854. The van der Waals surface area contributed by atoms with Gasteiger partial charge in [-0.15, -0.1) is 0 Å². The number of aryl methyl sites for hydroxylation is 2. The van der Waals surface area contributed by atoms with Crippen molar-refractivity contribution in [2.75, 3.05) is 5.32 Å². The minimum absolute atomic E-state index is 0.188. The highest BCUT2D eigenvalue weighted by atomic mass is 79.9. The monoisotopic (exact) mass is 323 g/mol. The fourth-order valence-corrected chi connectivity index (χ4v) is 1.93. The lowest BCUT2D eigenvalue weighted by Crippen LogP contribution is -2.15. The van der Waals surface area contributed by atoms with Crippen molar-refractivity contribution in [2.24, 2.45) is 0 Å². The summed E-state index contributed by atoms with van der Waals surface area (Å²) in [6, 6.07) is 2.87. The molecule has 19 heavy (non-hydrogen) atoms. The summed E-state index contributed by atoms with van der Waals surface area (Å²) in [6.07, 6.45) is 2.89. The number of anilines is 1. The second-order valence-corrected chi connectivity index (χ2v) is 4.93.